The minimum atomic E-state index is -3.94. The zero-order valence-electron chi connectivity index (χ0n) is 19.1. The SMILES string of the molecule is C=CCN1C(=O)/C(=C/c2ccc(OC)c(OCc3ccccc3Cl)c2)S/C1=N/S(=O)(=O)c1cccs1. The molecule has 0 atom stereocenters. The van der Waals surface area contributed by atoms with Crippen molar-refractivity contribution >= 4 is 61.9 Å². The number of amides is 1. The number of hydrogen-bond acceptors (Lipinski definition) is 7. The van der Waals surface area contributed by atoms with E-state index in [1.807, 2.05) is 18.2 Å². The first kappa shape index (κ1) is 26.0. The Hall–Kier alpha value is -3.05. The number of methoxy groups -OCH3 is 1. The third kappa shape index (κ3) is 5.84. The molecule has 1 aliphatic rings. The van der Waals surface area contributed by atoms with E-state index in [1.165, 1.54) is 24.2 Å². The van der Waals surface area contributed by atoms with Gasteiger partial charge in [0.05, 0.1) is 12.0 Å². The van der Waals surface area contributed by atoms with E-state index >= 15 is 0 Å². The second-order valence-corrected chi connectivity index (χ2v) is 11.6. The maximum absolute atomic E-state index is 13.1. The van der Waals surface area contributed by atoms with Crippen LogP contribution in [0.15, 0.2) is 86.1 Å². The van der Waals surface area contributed by atoms with Gasteiger partial charge in [-0.2, -0.15) is 8.42 Å². The highest BCUT2D eigenvalue weighted by Gasteiger charge is 2.34. The third-order valence-corrected chi connectivity index (χ3v) is 9.10. The Labute approximate surface area is 222 Å². The predicted octanol–water partition coefficient (Wildman–Crippen LogP) is 5.84. The molecule has 0 spiro atoms. The molecule has 1 amide bonds. The first-order chi connectivity index (χ1) is 17.3. The van der Waals surface area contributed by atoms with Gasteiger partial charge in [-0.3, -0.25) is 9.69 Å². The summed E-state index contributed by atoms with van der Waals surface area (Å²) in [5.41, 5.74) is 1.49. The highest BCUT2D eigenvalue weighted by molar-refractivity contribution is 8.19. The Balaban J connectivity index is 1.63. The number of nitrogens with zero attached hydrogens (tertiary/aromatic N) is 2. The number of thiophene rings is 1. The Morgan fingerprint density at radius 2 is 1.94 bits per heavy atom. The summed E-state index contributed by atoms with van der Waals surface area (Å²) >= 11 is 8.28. The summed E-state index contributed by atoms with van der Waals surface area (Å²) in [6.07, 6.45) is 3.17. The molecule has 2 aromatic carbocycles. The summed E-state index contributed by atoms with van der Waals surface area (Å²) in [4.78, 5) is 14.7. The van der Waals surface area contributed by atoms with E-state index in [-0.39, 0.29) is 28.4 Å². The van der Waals surface area contributed by atoms with Gasteiger partial charge < -0.3 is 9.47 Å². The average Bonchev–Trinajstić information content (AvgIpc) is 3.50. The quantitative estimate of drug-likeness (QED) is 0.241. The molecule has 0 bridgehead atoms. The van der Waals surface area contributed by atoms with Gasteiger partial charge >= 0.3 is 0 Å². The number of carbonyl (C=O) groups excluding carboxylic acids is 1. The molecule has 7 nitrogen and oxygen atoms in total. The fourth-order valence-electron chi connectivity index (χ4n) is 3.24. The largest absolute Gasteiger partial charge is 0.493 e. The summed E-state index contributed by atoms with van der Waals surface area (Å²) in [5.74, 6) is 0.626. The van der Waals surface area contributed by atoms with Crippen molar-refractivity contribution in [2.75, 3.05) is 13.7 Å². The Kier molecular flexibility index (Phi) is 8.20. The van der Waals surface area contributed by atoms with Crippen LogP contribution in [0, 0.1) is 0 Å². The number of amidine groups is 1. The molecule has 11 heteroatoms. The first-order valence-corrected chi connectivity index (χ1v) is 14.1. The maximum Gasteiger partial charge on any atom is 0.294 e. The van der Waals surface area contributed by atoms with E-state index in [9.17, 15) is 13.2 Å². The molecule has 1 saturated heterocycles. The van der Waals surface area contributed by atoms with E-state index in [0.717, 1.165) is 28.7 Å². The number of halogens is 1. The molecule has 186 valence electrons. The van der Waals surface area contributed by atoms with Crippen LogP contribution in [0.3, 0.4) is 0 Å². The van der Waals surface area contributed by atoms with Crippen molar-refractivity contribution < 1.29 is 22.7 Å². The van der Waals surface area contributed by atoms with Crippen LogP contribution in [-0.4, -0.2) is 38.0 Å². The summed E-state index contributed by atoms with van der Waals surface area (Å²) < 4.78 is 40.8. The van der Waals surface area contributed by atoms with Crippen molar-refractivity contribution in [1.82, 2.24) is 4.90 Å². The van der Waals surface area contributed by atoms with Gasteiger partial charge in [0.2, 0.25) is 0 Å². The number of thioether (sulfide) groups is 1. The standard InChI is InChI=1S/C25H21ClN2O5S3/c1-3-12-28-24(29)22(35-25(28)27-36(30,31)23-9-6-13-34-23)15-17-10-11-20(32-2)21(14-17)33-16-18-7-4-5-8-19(18)26/h3-11,13-15H,1,12,16H2,2H3/b22-15-,27-25+. The van der Waals surface area contributed by atoms with Crippen molar-refractivity contribution in [3.63, 3.8) is 0 Å². The fourth-order valence-corrected chi connectivity index (χ4v) is 6.59. The zero-order valence-corrected chi connectivity index (χ0v) is 22.3. The second-order valence-electron chi connectivity index (χ2n) is 7.39. The Morgan fingerprint density at radius 3 is 2.64 bits per heavy atom. The average molecular weight is 561 g/mol. The van der Waals surface area contributed by atoms with Gasteiger partial charge in [0.1, 0.15) is 10.8 Å². The fraction of sp³-hybridized carbons (Fsp3) is 0.120. The van der Waals surface area contributed by atoms with Gasteiger partial charge in [-0.15, -0.1) is 22.3 Å². The van der Waals surface area contributed by atoms with Crippen molar-refractivity contribution in [3.8, 4) is 11.5 Å². The first-order valence-electron chi connectivity index (χ1n) is 10.6. The molecule has 36 heavy (non-hydrogen) atoms. The van der Waals surface area contributed by atoms with Crippen LogP contribution in [0.5, 0.6) is 11.5 Å². The maximum atomic E-state index is 13.1. The summed E-state index contributed by atoms with van der Waals surface area (Å²) in [6, 6.07) is 15.7. The van der Waals surface area contributed by atoms with Gasteiger partial charge in [0, 0.05) is 17.1 Å². The van der Waals surface area contributed by atoms with Crippen LogP contribution in [0.4, 0.5) is 0 Å². The van der Waals surface area contributed by atoms with Crippen molar-refractivity contribution in [1.29, 1.82) is 0 Å². The Morgan fingerprint density at radius 1 is 1.14 bits per heavy atom. The lowest BCUT2D eigenvalue weighted by Crippen LogP contribution is -2.29. The van der Waals surface area contributed by atoms with Crippen LogP contribution >= 0.6 is 34.7 Å². The molecular formula is C25H21ClN2O5S3. The molecular weight excluding hydrogens is 540 g/mol. The van der Waals surface area contributed by atoms with Crippen LogP contribution in [0.1, 0.15) is 11.1 Å². The van der Waals surface area contributed by atoms with Gasteiger partial charge in [0.25, 0.3) is 15.9 Å². The van der Waals surface area contributed by atoms with E-state index in [2.05, 4.69) is 11.0 Å². The van der Waals surface area contributed by atoms with E-state index < -0.39 is 10.0 Å². The molecule has 0 radical (unpaired) electrons. The molecule has 3 aromatic rings. The second kappa shape index (κ2) is 11.3. The van der Waals surface area contributed by atoms with Crippen LogP contribution in [-0.2, 0) is 21.4 Å². The number of benzene rings is 2. The smallest absolute Gasteiger partial charge is 0.294 e. The monoisotopic (exact) mass is 560 g/mol. The van der Waals surface area contributed by atoms with E-state index in [4.69, 9.17) is 21.1 Å². The number of rotatable bonds is 9. The summed E-state index contributed by atoms with van der Waals surface area (Å²) in [6.45, 7) is 4.02. The minimum absolute atomic E-state index is 0.0725. The molecule has 0 saturated carbocycles. The van der Waals surface area contributed by atoms with Gasteiger partial charge in [-0.25, -0.2) is 0 Å². The molecule has 0 aliphatic carbocycles. The molecule has 4 rings (SSSR count). The lowest BCUT2D eigenvalue weighted by molar-refractivity contribution is -0.121. The molecule has 0 N–H and O–H groups in total. The topological polar surface area (TPSA) is 85.3 Å². The van der Waals surface area contributed by atoms with Crippen molar-refractivity contribution in [3.05, 3.63) is 93.7 Å². The lowest BCUT2D eigenvalue weighted by Gasteiger charge is -2.13. The molecule has 1 aliphatic heterocycles. The normalized spacial score (nSPS) is 16.1. The van der Waals surface area contributed by atoms with E-state index in [1.54, 1.807) is 41.8 Å². The lowest BCUT2D eigenvalue weighted by atomic mass is 10.1. The number of carbonyl (C=O) groups is 1. The van der Waals surface area contributed by atoms with Crippen LogP contribution in [0.25, 0.3) is 6.08 Å². The van der Waals surface area contributed by atoms with Crippen LogP contribution in [0.2, 0.25) is 5.02 Å². The summed E-state index contributed by atoms with van der Waals surface area (Å²) in [7, 11) is -2.40. The number of ether oxygens (including phenoxy) is 2. The van der Waals surface area contributed by atoms with E-state index in [0.29, 0.717) is 27.0 Å². The van der Waals surface area contributed by atoms with Crippen LogP contribution < -0.4 is 9.47 Å². The summed E-state index contributed by atoms with van der Waals surface area (Å²) in [5, 5.41) is 2.32. The molecule has 2 heterocycles. The molecule has 1 aromatic heterocycles. The minimum Gasteiger partial charge on any atom is -0.493 e. The van der Waals surface area contributed by atoms with Crippen molar-refractivity contribution in [2.45, 2.75) is 10.8 Å². The predicted molar refractivity (Wildman–Crippen MR) is 145 cm³/mol. The van der Waals surface area contributed by atoms with Gasteiger partial charge in [-0.1, -0.05) is 48.0 Å². The van der Waals surface area contributed by atoms with Gasteiger partial charge in [0.15, 0.2) is 16.7 Å². The molecule has 1 fully saturated rings. The Bertz CT molecular complexity index is 1450. The van der Waals surface area contributed by atoms with Gasteiger partial charge in [-0.05, 0) is 53.0 Å². The molecule has 0 unspecified atom stereocenters. The number of sulfonamides is 1. The highest BCUT2D eigenvalue weighted by atomic mass is 35.5. The zero-order chi connectivity index (χ0) is 25.7. The van der Waals surface area contributed by atoms with Crippen molar-refractivity contribution in [2.24, 2.45) is 4.40 Å². The highest BCUT2D eigenvalue weighted by Crippen LogP contribution is 2.36. The third-order valence-electron chi connectivity index (χ3n) is 4.97. The number of hydrogen-bond donors (Lipinski definition) is 0.